The van der Waals surface area contributed by atoms with E-state index in [1.807, 2.05) is 5.41 Å². The van der Waals surface area contributed by atoms with Gasteiger partial charge in [-0.2, -0.15) is 0 Å². The number of carbonyl (C=O) groups is 4. The predicted octanol–water partition coefficient (Wildman–Crippen LogP) is 0.767. The Morgan fingerprint density at radius 2 is 2.26 bits per heavy atom. The van der Waals surface area contributed by atoms with Crippen LogP contribution in [0.5, 0.6) is 0 Å². The summed E-state index contributed by atoms with van der Waals surface area (Å²) in [4.78, 5) is 58.7. The van der Waals surface area contributed by atoms with Crippen LogP contribution in [0.1, 0.15) is 19.0 Å². The van der Waals surface area contributed by atoms with Crippen molar-refractivity contribution in [3.63, 3.8) is 0 Å². The van der Waals surface area contributed by atoms with E-state index < -0.39 is 35.2 Å². The molecule has 1 aromatic rings. The lowest BCUT2D eigenvalue weighted by molar-refractivity contribution is -0.150. The number of ether oxygens (including phenoxy) is 1. The Balaban J connectivity index is 1.48. The van der Waals surface area contributed by atoms with Crippen molar-refractivity contribution in [2.45, 2.75) is 30.0 Å². The van der Waals surface area contributed by atoms with Crippen LogP contribution in [-0.4, -0.2) is 80.1 Å². The molecule has 0 aromatic carbocycles. The second-order valence-electron chi connectivity index (χ2n) is 7.56. The summed E-state index contributed by atoms with van der Waals surface area (Å²) in [6, 6.07) is -0.990. The van der Waals surface area contributed by atoms with Crippen LogP contribution in [-0.2, 0) is 28.8 Å². The van der Waals surface area contributed by atoms with E-state index >= 15 is 0 Å². The fourth-order valence-electron chi connectivity index (χ4n) is 3.54. The molecule has 1 unspecified atom stereocenters. The van der Waals surface area contributed by atoms with Gasteiger partial charge in [-0.25, -0.2) is 14.6 Å². The summed E-state index contributed by atoms with van der Waals surface area (Å²) in [5.74, 6) is -3.00. The van der Waals surface area contributed by atoms with Gasteiger partial charge in [-0.15, -0.1) is 34.9 Å². The maximum absolute atomic E-state index is 12.9. The van der Waals surface area contributed by atoms with Crippen molar-refractivity contribution in [2.75, 3.05) is 24.7 Å². The zero-order valence-electron chi connectivity index (χ0n) is 18.3. The topological polar surface area (TPSA) is 174 Å². The van der Waals surface area contributed by atoms with Gasteiger partial charge in [-0.05, 0) is 23.5 Å². The average Bonchev–Trinajstić information content (AvgIpc) is 3.48. The van der Waals surface area contributed by atoms with Gasteiger partial charge in [0, 0.05) is 29.9 Å². The van der Waals surface area contributed by atoms with Gasteiger partial charge in [0.25, 0.3) is 11.8 Å². The lowest BCUT2D eigenvalue weighted by Crippen LogP contribution is -2.71. The van der Waals surface area contributed by atoms with E-state index in [1.165, 1.54) is 22.0 Å². The highest BCUT2D eigenvalue weighted by atomic mass is 32.2. The molecular weight excluding hydrogens is 518 g/mol. The number of carboxylic acids is 1. The van der Waals surface area contributed by atoms with Crippen molar-refractivity contribution < 1.29 is 33.9 Å². The lowest BCUT2D eigenvalue weighted by Gasteiger charge is -2.49. The zero-order valence-corrected chi connectivity index (χ0v) is 20.8. The van der Waals surface area contributed by atoms with Crippen LogP contribution < -0.4 is 11.1 Å². The minimum atomic E-state index is -1.22. The third-order valence-electron chi connectivity index (χ3n) is 5.16. The molecule has 0 bridgehead atoms. The molecule has 3 aliphatic rings. The first-order chi connectivity index (χ1) is 16.8. The van der Waals surface area contributed by atoms with Crippen LogP contribution in [0.4, 0.5) is 5.13 Å². The first-order valence-electron chi connectivity index (χ1n) is 10.3. The summed E-state index contributed by atoms with van der Waals surface area (Å²) < 4.78 is 5.34. The molecule has 1 aromatic heterocycles. The minimum Gasteiger partial charge on any atom is -0.477 e. The monoisotopic (exact) mass is 539 g/mol. The highest BCUT2D eigenvalue weighted by Crippen LogP contribution is 2.41. The Morgan fingerprint density at radius 3 is 2.89 bits per heavy atom. The van der Waals surface area contributed by atoms with Gasteiger partial charge in [-0.1, -0.05) is 5.16 Å². The fraction of sp³-hybridized carbons (Fsp3) is 0.400. The Labute approximate surface area is 212 Å². The molecule has 0 saturated carbocycles. The number of thiazole rings is 1. The van der Waals surface area contributed by atoms with Crippen LogP contribution in [0.15, 0.2) is 33.3 Å². The van der Waals surface area contributed by atoms with Crippen LogP contribution in [0.25, 0.3) is 0 Å². The number of oxime groups is 1. The van der Waals surface area contributed by atoms with Crippen LogP contribution in [0.3, 0.4) is 0 Å². The van der Waals surface area contributed by atoms with Crippen molar-refractivity contribution in [3.05, 3.63) is 33.8 Å². The van der Waals surface area contributed by atoms with E-state index in [0.717, 1.165) is 24.7 Å². The highest BCUT2D eigenvalue weighted by Gasteiger charge is 2.54. The number of carboxylic acid groups (broad SMARTS) is 1. The third kappa shape index (κ3) is 5.52. The van der Waals surface area contributed by atoms with Gasteiger partial charge >= 0.3 is 11.9 Å². The third-order valence-corrected chi connectivity index (χ3v) is 8.19. The van der Waals surface area contributed by atoms with E-state index in [4.69, 9.17) is 10.5 Å². The smallest absolute Gasteiger partial charge is 0.352 e. The number of nitrogens with one attached hydrogen (secondary N) is 1. The Morgan fingerprint density at radius 1 is 1.46 bits per heavy atom. The van der Waals surface area contributed by atoms with Gasteiger partial charge in [0.15, 0.2) is 10.8 Å². The number of aromatic nitrogens is 1. The van der Waals surface area contributed by atoms with Gasteiger partial charge in [0.1, 0.15) is 22.8 Å². The molecule has 2 saturated heterocycles. The number of rotatable bonds is 8. The Hall–Kier alpha value is -2.88. The number of aliphatic carboxylic acids is 1. The number of allylic oxidation sites excluding steroid dienone is 1. The average molecular weight is 540 g/mol. The van der Waals surface area contributed by atoms with E-state index in [0.29, 0.717) is 29.8 Å². The fourth-order valence-corrected chi connectivity index (χ4v) is 6.28. The number of nitrogens with two attached hydrogens (primary N) is 1. The summed E-state index contributed by atoms with van der Waals surface area (Å²) in [6.45, 7) is 2.48. The molecule has 0 aliphatic carbocycles. The minimum absolute atomic E-state index is 0.0786. The molecule has 3 atom stereocenters. The number of thioether (sulfide) groups is 2. The summed E-state index contributed by atoms with van der Waals surface area (Å²) in [7, 11) is 0. The number of hydrogen-bond donors (Lipinski definition) is 3. The molecule has 12 nitrogen and oxygen atoms in total. The lowest BCUT2D eigenvalue weighted by atomic mass is 10.0. The molecule has 2 amide bonds. The molecule has 0 spiro atoms. The molecule has 186 valence electrons. The summed E-state index contributed by atoms with van der Waals surface area (Å²) in [5, 5.41) is 19.1. The summed E-state index contributed by atoms with van der Waals surface area (Å²) >= 11 is 3.96. The van der Waals surface area contributed by atoms with E-state index in [1.54, 1.807) is 17.8 Å². The molecule has 0 radical (unpaired) electrons. The van der Waals surface area contributed by atoms with E-state index in [9.17, 15) is 24.3 Å². The number of anilines is 1. The van der Waals surface area contributed by atoms with Crippen LogP contribution in [0, 0.1) is 0 Å². The second kappa shape index (κ2) is 10.8. The van der Waals surface area contributed by atoms with Crippen LogP contribution in [0.2, 0.25) is 0 Å². The maximum Gasteiger partial charge on any atom is 0.352 e. The molecular formula is C20H21N5O7S3. The van der Waals surface area contributed by atoms with Gasteiger partial charge in [0.2, 0.25) is 0 Å². The van der Waals surface area contributed by atoms with Crippen molar-refractivity contribution in [3.8, 4) is 0 Å². The molecule has 3 aliphatic heterocycles. The van der Waals surface area contributed by atoms with Crippen molar-refractivity contribution in [2.24, 2.45) is 5.16 Å². The number of nitrogens with zero attached hydrogens (tertiary/aromatic N) is 3. The maximum atomic E-state index is 12.9. The number of nitrogen functional groups attached to an aromatic ring is 1. The van der Waals surface area contributed by atoms with E-state index in [2.05, 4.69) is 20.3 Å². The Bertz CT molecular complexity index is 1140. The van der Waals surface area contributed by atoms with Crippen molar-refractivity contribution in [1.82, 2.24) is 15.2 Å². The molecule has 2 fully saturated rings. The normalized spacial score (nSPS) is 24.4. The zero-order chi connectivity index (χ0) is 25.1. The van der Waals surface area contributed by atoms with Gasteiger partial charge in [-0.3, -0.25) is 14.5 Å². The first-order valence-corrected chi connectivity index (χ1v) is 13.2. The van der Waals surface area contributed by atoms with Crippen molar-refractivity contribution in [1.29, 1.82) is 0 Å². The summed E-state index contributed by atoms with van der Waals surface area (Å²) in [6.07, 6.45) is 2.64. The molecule has 4 rings (SSSR count). The molecule has 35 heavy (non-hydrogen) atoms. The number of fused-ring (bicyclic) bond motifs is 1. The number of β-lactam (4-membered cyclic amide) rings is 1. The summed E-state index contributed by atoms with van der Waals surface area (Å²) in [5.41, 5.74) is 5.78. The largest absolute Gasteiger partial charge is 0.477 e. The Kier molecular flexibility index (Phi) is 7.78. The number of amides is 2. The van der Waals surface area contributed by atoms with E-state index in [-0.39, 0.29) is 22.2 Å². The second-order valence-corrected chi connectivity index (χ2v) is 10.8. The quantitative estimate of drug-likeness (QED) is 0.184. The predicted molar refractivity (Wildman–Crippen MR) is 130 cm³/mol. The SMILES string of the molecule is CC(=O)ON=C(C(=O)N[C@@H]1C(=O)N2C(C(=O)O)=C(/C=C/SC3CCOC3)CS[C@H]12)c1csc(N)n1. The number of hydrogen-bond acceptors (Lipinski definition) is 12. The van der Waals surface area contributed by atoms with Crippen molar-refractivity contribution >= 4 is 69.5 Å². The number of carbonyl (C=O) groups excluding carboxylic acids is 3. The van der Waals surface area contributed by atoms with Crippen LogP contribution >= 0.6 is 34.9 Å². The first kappa shape index (κ1) is 25.2. The molecule has 4 heterocycles. The van der Waals surface area contributed by atoms with Gasteiger partial charge < -0.3 is 25.7 Å². The van der Waals surface area contributed by atoms with Gasteiger partial charge in [0.05, 0.1) is 6.61 Å². The molecule has 4 N–H and O–H groups in total. The highest BCUT2D eigenvalue weighted by molar-refractivity contribution is 8.02. The standard InChI is InChI=1S/C20H21N5O7S3/c1-9(26)32-24-13(12-8-35-20(21)22-12)16(27)23-14-17(28)25-15(19(29)30)10(7-34-18(14)25)3-5-33-11-2-4-31-6-11/h3,5,8,11,14,18H,2,4,6-7H2,1H3,(H2,21,22)(H,23,27)(H,29,30)/b5-3+,24-13?/t11?,14-,18-/m1/s1. The molecule has 15 heteroatoms.